The molecule has 0 saturated heterocycles. The predicted octanol–water partition coefficient (Wildman–Crippen LogP) is 9.16. The highest BCUT2D eigenvalue weighted by atomic mass is 16.5. The number of Topliss-reactive ketones (excluding diaryl/α,β-unsaturated/α-hetero) is 3. The molecular formula is C44H80N2O9. The van der Waals surface area contributed by atoms with Crippen molar-refractivity contribution in [3.8, 4) is 0 Å². The predicted molar refractivity (Wildman–Crippen MR) is 219 cm³/mol. The van der Waals surface area contributed by atoms with Crippen molar-refractivity contribution in [1.82, 2.24) is 10.6 Å². The van der Waals surface area contributed by atoms with Gasteiger partial charge in [0.05, 0.1) is 13.2 Å². The smallest absolute Gasteiger partial charge is 0.303 e. The van der Waals surface area contributed by atoms with Crippen LogP contribution in [0.4, 0.5) is 0 Å². The number of hydrogen-bond donors (Lipinski definition) is 3. The minimum atomic E-state index is -0.740. The van der Waals surface area contributed by atoms with Gasteiger partial charge < -0.3 is 30.0 Å². The van der Waals surface area contributed by atoms with Crippen LogP contribution in [0.15, 0.2) is 0 Å². The lowest BCUT2D eigenvalue weighted by Gasteiger charge is -2.07. The second kappa shape index (κ2) is 41.0. The Hall–Kier alpha value is -2.66. The highest BCUT2D eigenvalue weighted by Gasteiger charge is 2.06. The van der Waals surface area contributed by atoms with Gasteiger partial charge in [0, 0.05) is 77.7 Å². The third-order valence-electron chi connectivity index (χ3n) is 9.76. The highest BCUT2D eigenvalue weighted by Crippen LogP contribution is 2.13. The van der Waals surface area contributed by atoms with Gasteiger partial charge in [-0.1, -0.05) is 89.9 Å². The quantitative estimate of drug-likeness (QED) is 0.0511. The van der Waals surface area contributed by atoms with E-state index in [1.165, 1.54) is 0 Å². The molecule has 0 aromatic carbocycles. The molecule has 0 unspecified atom stereocenters. The number of hydrogen-bond acceptors (Lipinski definition) is 8. The fraction of sp³-hybridized carbons (Fsp3) is 0.864. The molecule has 0 radical (unpaired) electrons. The minimum Gasteiger partial charge on any atom is -0.481 e. The van der Waals surface area contributed by atoms with Crippen molar-refractivity contribution in [1.29, 1.82) is 0 Å². The summed E-state index contributed by atoms with van der Waals surface area (Å²) in [5.74, 6) is 0.253. The number of carbonyl (C=O) groups is 6. The summed E-state index contributed by atoms with van der Waals surface area (Å²) in [4.78, 5) is 69.6. The van der Waals surface area contributed by atoms with Crippen molar-refractivity contribution >= 4 is 35.1 Å². The Morgan fingerprint density at radius 2 is 0.709 bits per heavy atom. The van der Waals surface area contributed by atoms with Gasteiger partial charge in [0.25, 0.3) is 0 Å². The van der Waals surface area contributed by atoms with Crippen LogP contribution in [0.1, 0.15) is 206 Å². The second-order valence-corrected chi connectivity index (χ2v) is 15.2. The van der Waals surface area contributed by atoms with E-state index in [2.05, 4.69) is 10.6 Å². The van der Waals surface area contributed by atoms with Crippen LogP contribution in [-0.4, -0.2) is 79.8 Å². The lowest BCUT2D eigenvalue weighted by Crippen LogP contribution is -2.25. The Morgan fingerprint density at radius 3 is 1.16 bits per heavy atom. The van der Waals surface area contributed by atoms with Gasteiger partial charge in [0.2, 0.25) is 11.8 Å². The second-order valence-electron chi connectivity index (χ2n) is 15.2. The molecule has 3 N–H and O–H groups in total. The van der Waals surface area contributed by atoms with Crippen molar-refractivity contribution in [3.05, 3.63) is 0 Å². The van der Waals surface area contributed by atoms with Crippen LogP contribution in [0.2, 0.25) is 0 Å². The van der Waals surface area contributed by atoms with Gasteiger partial charge in [-0.3, -0.25) is 24.0 Å². The first kappa shape index (κ1) is 52.3. The van der Waals surface area contributed by atoms with Crippen molar-refractivity contribution in [2.24, 2.45) is 0 Å². The molecule has 55 heavy (non-hydrogen) atoms. The molecule has 320 valence electrons. The maximum Gasteiger partial charge on any atom is 0.303 e. The van der Waals surface area contributed by atoms with Crippen LogP contribution in [0.25, 0.3) is 0 Å². The van der Waals surface area contributed by atoms with Crippen molar-refractivity contribution < 1.29 is 43.3 Å². The van der Waals surface area contributed by atoms with E-state index in [4.69, 9.17) is 14.6 Å². The van der Waals surface area contributed by atoms with Crippen LogP contribution in [0.3, 0.4) is 0 Å². The zero-order valence-electron chi connectivity index (χ0n) is 34.9. The molecule has 0 aliphatic rings. The van der Waals surface area contributed by atoms with Crippen LogP contribution in [0, 0.1) is 0 Å². The first-order chi connectivity index (χ1) is 26.7. The van der Waals surface area contributed by atoms with E-state index < -0.39 is 5.97 Å². The summed E-state index contributed by atoms with van der Waals surface area (Å²) in [6.45, 7) is 4.86. The molecule has 0 aromatic rings. The first-order valence-corrected chi connectivity index (χ1v) is 22.1. The standard InChI is InChI=1S/C44H80N2O9/c1-39(47)25-16-8-2-3-9-17-26-40(48)27-18-10-4-5-11-19-28-41(49)31-37-54-35-24-36-55-38-32-43(51)46-34-23-14-6-12-20-29-42(50)45-33-22-15-7-13-21-30-44(52)53/h2-38H2,1H3,(H,45,50)(H,46,51)(H,52,53). The lowest BCUT2D eigenvalue weighted by atomic mass is 10.0. The highest BCUT2D eigenvalue weighted by molar-refractivity contribution is 5.79. The SMILES string of the molecule is CC(=O)CCCCCCCCC(=O)CCCCCCCCC(=O)CCOCCCOCCC(=O)NCCCCCCCC(=O)NCCCCCCCC(=O)O. The summed E-state index contributed by atoms with van der Waals surface area (Å²) in [5, 5.41) is 14.5. The average Bonchev–Trinajstić information content (AvgIpc) is 3.14. The lowest BCUT2D eigenvalue weighted by molar-refractivity contribution is -0.137. The Bertz CT molecular complexity index is 912. The molecule has 0 aliphatic heterocycles. The number of ketones is 3. The zero-order chi connectivity index (χ0) is 40.5. The largest absolute Gasteiger partial charge is 0.481 e. The molecule has 0 spiro atoms. The van der Waals surface area contributed by atoms with E-state index in [1.54, 1.807) is 6.92 Å². The number of aliphatic carboxylic acids is 1. The molecule has 2 amide bonds. The number of ether oxygens (including phenoxy) is 2. The van der Waals surface area contributed by atoms with E-state index in [1.807, 2.05) is 0 Å². The molecule has 11 heteroatoms. The monoisotopic (exact) mass is 781 g/mol. The first-order valence-electron chi connectivity index (χ1n) is 22.1. The molecule has 11 nitrogen and oxygen atoms in total. The molecule has 0 fully saturated rings. The molecule has 0 heterocycles. The average molecular weight is 781 g/mol. The third-order valence-corrected chi connectivity index (χ3v) is 9.76. The fourth-order valence-electron chi connectivity index (χ4n) is 6.33. The van der Waals surface area contributed by atoms with Crippen molar-refractivity contribution in [3.63, 3.8) is 0 Å². The maximum atomic E-state index is 12.1. The number of carbonyl (C=O) groups excluding carboxylic acids is 5. The van der Waals surface area contributed by atoms with E-state index >= 15 is 0 Å². The number of unbranched alkanes of at least 4 members (excludes halogenated alkanes) is 18. The summed E-state index contributed by atoms with van der Waals surface area (Å²) in [6, 6.07) is 0. The van der Waals surface area contributed by atoms with Crippen molar-refractivity contribution in [2.75, 3.05) is 39.5 Å². The number of carboxylic acid groups (broad SMARTS) is 1. The number of carboxylic acids is 1. The van der Waals surface area contributed by atoms with Crippen LogP contribution in [0.5, 0.6) is 0 Å². The van der Waals surface area contributed by atoms with Gasteiger partial charge in [0.1, 0.15) is 17.3 Å². The fourth-order valence-corrected chi connectivity index (χ4v) is 6.33. The van der Waals surface area contributed by atoms with Crippen LogP contribution < -0.4 is 10.6 Å². The minimum absolute atomic E-state index is 0.00819. The Morgan fingerprint density at radius 1 is 0.364 bits per heavy atom. The molecule has 0 aliphatic carbocycles. The molecule has 0 rings (SSSR count). The van der Waals surface area contributed by atoms with Gasteiger partial charge in [0.15, 0.2) is 0 Å². The normalized spacial score (nSPS) is 11.1. The van der Waals surface area contributed by atoms with E-state index in [-0.39, 0.29) is 29.8 Å². The summed E-state index contributed by atoms with van der Waals surface area (Å²) >= 11 is 0. The van der Waals surface area contributed by atoms with Crippen LogP contribution >= 0.6 is 0 Å². The third kappa shape index (κ3) is 43.9. The summed E-state index contributed by atoms with van der Waals surface area (Å²) in [7, 11) is 0. The van der Waals surface area contributed by atoms with Gasteiger partial charge in [-0.25, -0.2) is 0 Å². The Balaban J connectivity index is 3.36. The number of rotatable bonds is 44. The molecule has 0 atom stereocenters. The topological polar surface area (TPSA) is 165 Å². The van der Waals surface area contributed by atoms with Gasteiger partial charge >= 0.3 is 5.97 Å². The van der Waals surface area contributed by atoms with Gasteiger partial charge in [-0.2, -0.15) is 0 Å². The number of amides is 2. The van der Waals surface area contributed by atoms with E-state index in [0.29, 0.717) is 90.2 Å². The summed E-state index contributed by atoms with van der Waals surface area (Å²) in [6.07, 6.45) is 27.2. The molecule has 0 bridgehead atoms. The van der Waals surface area contributed by atoms with Crippen molar-refractivity contribution in [2.45, 2.75) is 206 Å². The molecule has 0 saturated carbocycles. The maximum absolute atomic E-state index is 12.1. The molecule has 0 aromatic heterocycles. The summed E-state index contributed by atoms with van der Waals surface area (Å²) in [5.41, 5.74) is 0. The van der Waals surface area contributed by atoms with E-state index in [0.717, 1.165) is 148 Å². The van der Waals surface area contributed by atoms with Gasteiger partial charge in [-0.15, -0.1) is 0 Å². The zero-order valence-corrected chi connectivity index (χ0v) is 34.9. The van der Waals surface area contributed by atoms with Gasteiger partial charge in [-0.05, 0) is 64.7 Å². The Labute approximate surface area is 334 Å². The molecular weight excluding hydrogens is 700 g/mol. The number of nitrogens with one attached hydrogen (secondary N) is 2. The summed E-state index contributed by atoms with van der Waals surface area (Å²) < 4.78 is 11.1. The van der Waals surface area contributed by atoms with E-state index in [9.17, 15) is 28.8 Å². The van der Waals surface area contributed by atoms with Crippen LogP contribution in [-0.2, 0) is 38.2 Å². The Kier molecular flexibility index (Phi) is 39.0.